The second-order valence-corrected chi connectivity index (χ2v) is 7.70. The minimum absolute atomic E-state index is 0.350. The summed E-state index contributed by atoms with van der Waals surface area (Å²) < 4.78 is 0.857. The summed E-state index contributed by atoms with van der Waals surface area (Å²) in [5, 5.41) is 0.995. The second-order valence-electron chi connectivity index (χ2n) is 5.24. The molecule has 0 atom stereocenters. The Hall–Kier alpha value is -2.12. The van der Waals surface area contributed by atoms with Gasteiger partial charge in [0.05, 0.1) is 8.66 Å². The van der Waals surface area contributed by atoms with Gasteiger partial charge in [-0.2, -0.15) is 0 Å². The molecule has 1 aromatic carbocycles. The highest BCUT2D eigenvalue weighted by Gasteiger charge is 2.13. The van der Waals surface area contributed by atoms with Crippen LogP contribution in [0.2, 0.25) is 0 Å². The zero-order valence-electron chi connectivity index (χ0n) is 12.5. The lowest BCUT2D eigenvalue weighted by atomic mass is 10.1. The van der Waals surface area contributed by atoms with Crippen LogP contribution in [-0.4, -0.2) is 16.8 Å². The first-order chi connectivity index (χ1) is 10.9. The number of amides is 2. The van der Waals surface area contributed by atoms with Crippen molar-refractivity contribution >= 4 is 50.0 Å². The predicted octanol–water partition coefficient (Wildman–Crippen LogP) is 3.68. The van der Waals surface area contributed by atoms with Gasteiger partial charge in [-0.05, 0) is 65.2 Å². The summed E-state index contributed by atoms with van der Waals surface area (Å²) in [5.74, 6) is -0.737. The predicted molar refractivity (Wildman–Crippen MR) is 94.7 cm³/mol. The highest BCUT2D eigenvalue weighted by molar-refractivity contribution is 9.11. The van der Waals surface area contributed by atoms with E-state index in [0.29, 0.717) is 10.6 Å². The maximum absolute atomic E-state index is 12.2. The number of hydrazine groups is 1. The normalized spacial score (nSPS) is 10.7. The van der Waals surface area contributed by atoms with Crippen LogP contribution in [0.5, 0.6) is 0 Å². The summed E-state index contributed by atoms with van der Waals surface area (Å²) in [6.07, 6.45) is 0. The fraction of sp³-hybridized carbons (Fsp3) is 0.125. The minimum atomic E-state index is -0.387. The number of aromatic amines is 1. The number of nitrogens with one attached hydrogen (secondary N) is 3. The van der Waals surface area contributed by atoms with Gasteiger partial charge in [-0.1, -0.05) is 6.07 Å². The van der Waals surface area contributed by atoms with Crippen molar-refractivity contribution in [2.75, 3.05) is 0 Å². The number of benzene rings is 1. The van der Waals surface area contributed by atoms with Crippen molar-refractivity contribution in [1.29, 1.82) is 0 Å². The fourth-order valence-corrected chi connectivity index (χ4v) is 3.68. The van der Waals surface area contributed by atoms with Gasteiger partial charge < -0.3 is 4.98 Å². The zero-order valence-corrected chi connectivity index (χ0v) is 14.9. The number of carbonyl (C=O) groups excluding carboxylic acids is 2. The smallest absolute Gasteiger partial charge is 0.286 e. The van der Waals surface area contributed by atoms with E-state index >= 15 is 0 Å². The van der Waals surface area contributed by atoms with Crippen molar-refractivity contribution in [2.24, 2.45) is 0 Å². The number of aryl methyl sites for hydroxylation is 2. The molecule has 0 bridgehead atoms. The van der Waals surface area contributed by atoms with Crippen LogP contribution in [0, 0.1) is 13.8 Å². The van der Waals surface area contributed by atoms with E-state index in [4.69, 9.17) is 0 Å². The van der Waals surface area contributed by atoms with Crippen LogP contribution in [0.1, 0.15) is 31.3 Å². The molecular weight excluding hydrogens is 378 g/mol. The first-order valence-electron chi connectivity index (χ1n) is 6.90. The number of carbonyl (C=O) groups is 2. The van der Waals surface area contributed by atoms with Gasteiger partial charge in [0.25, 0.3) is 11.8 Å². The van der Waals surface area contributed by atoms with E-state index in [1.807, 2.05) is 19.9 Å². The number of H-pyrrole nitrogens is 1. The molecule has 2 aromatic heterocycles. The Morgan fingerprint density at radius 1 is 1.09 bits per heavy atom. The van der Waals surface area contributed by atoms with E-state index in [9.17, 15) is 9.59 Å². The molecule has 2 heterocycles. The van der Waals surface area contributed by atoms with Gasteiger partial charge in [0.1, 0.15) is 5.69 Å². The summed E-state index contributed by atoms with van der Waals surface area (Å²) in [7, 11) is 0. The van der Waals surface area contributed by atoms with Crippen molar-refractivity contribution < 1.29 is 9.59 Å². The van der Waals surface area contributed by atoms with Crippen molar-refractivity contribution in [1.82, 2.24) is 15.8 Å². The maximum atomic E-state index is 12.2. The molecule has 0 aliphatic carbocycles. The lowest BCUT2D eigenvalue weighted by Crippen LogP contribution is -2.41. The summed E-state index contributed by atoms with van der Waals surface area (Å²) in [6, 6.07) is 9.30. The Labute approximate surface area is 145 Å². The zero-order chi connectivity index (χ0) is 16.6. The molecule has 0 saturated heterocycles. The molecule has 0 unspecified atom stereocenters. The third-order valence-electron chi connectivity index (χ3n) is 3.42. The third kappa shape index (κ3) is 3.30. The Morgan fingerprint density at radius 2 is 1.83 bits per heavy atom. The molecule has 118 valence electrons. The number of fused-ring (bicyclic) bond motifs is 1. The van der Waals surface area contributed by atoms with Crippen LogP contribution in [0.4, 0.5) is 0 Å². The summed E-state index contributed by atoms with van der Waals surface area (Å²) in [6.45, 7) is 4.01. The van der Waals surface area contributed by atoms with Gasteiger partial charge in [0.2, 0.25) is 0 Å². The third-order valence-corrected chi connectivity index (χ3v) is 5.04. The standard InChI is InChI=1S/C16H14BrN3O2S/c1-8-5-9(2)10-7-12(18-11(10)6-8)15(21)19-20-16(22)13-3-4-14(17)23-13/h3-7,18H,1-2H3,(H,19,21)(H,20,22). The number of hydrogen-bond acceptors (Lipinski definition) is 3. The van der Waals surface area contributed by atoms with Crippen LogP contribution in [0.25, 0.3) is 10.9 Å². The Balaban J connectivity index is 1.73. The molecule has 0 aliphatic rings. The number of thiophene rings is 1. The van der Waals surface area contributed by atoms with Crippen molar-refractivity contribution in [3.05, 3.63) is 55.8 Å². The van der Waals surface area contributed by atoms with Crippen molar-refractivity contribution in [2.45, 2.75) is 13.8 Å². The minimum Gasteiger partial charge on any atom is -0.350 e. The van der Waals surface area contributed by atoms with E-state index in [0.717, 1.165) is 25.8 Å². The number of aromatic nitrogens is 1. The average Bonchev–Trinajstić information content (AvgIpc) is 3.10. The number of hydrogen-bond donors (Lipinski definition) is 3. The van der Waals surface area contributed by atoms with E-state index in [1.165, 1.54) is 11.3 Å². The van der Waals surface area contributed by atoms with Gasteiger partial charge in [-0.15, -0.1) is 11.3 Å². The van der Waals surface area contributed by atoms with Crippen LogP contribution in [0.15, 0.2) is 34.1 Å². The highest BCUT2D eigenvalue weighted by atomic mass is 79.9. The van der Waals surface area contributed by atoms with Gasteiger partial charge in [0, 0.05) is 10.9 Å². The largest absolute Gasteiger partial charge is 0.350 e. The molecule has 0 fully saturated rings. The molecular formula is C16H14BrN3O2S. The van der Waals surface area contributed by atoms with Crippen LogP contribution in [-0.2, 0) is 0 Å². The monoisotopic (exact) mass is 391 g/mol. The van der Waals surface area contributed by atoms with Gasteiger partial charge in [-0.25, -0.2) is 0 Å². The van der Waals surface area contributed by atoms with E-state index < -0.39 is 0 Å². The molecule has 5 nitrogen and oxygen atoms in total. The van der Waals surface area contributed by atoms with Crippen LogP contribution in [0.3, 0.4) is 0 Å². The van der Waals surface area contributed by atoms with Crippen LogP contribution >= 0.6 is 27.3 Å². The molecule has 0 radical (unpaired) electrons. The fourth-order valence-electron chi connectivity index (χ4n) is 2.40. The maximum Gasteiger partial charge on any atom is 0.286 e. The van der Waals surface area contributed by atoms with Gasteiger partial charge in [0.15, 0.2) is 0 Å². The molecule has 3 aromatic rings. The quantitative estimate of drug-likeness (QED) is 0.582. The number of rotatable bonds is 2. The van der Waals surface area contributed by atoms with Crippen molar-refractivity contribution in [3.63, 3.8) is 0 Å². The first-order valence-corrected chi connectivity index (χ1v) is 8.51. The number of halogens is 1. The summed E-state index contributed by atoms with van der Waals surface area (Å²) in [5.41, 5.74) is 8.37. The van der Waals surface area contributed by atoms with Crippen LogP contribution < -0.4 is 10.9 Å². The van der Waals surface area contributed by atoms with E-state index in [2.05, 4.69) is 37.8 Å². The Morgan fingerprint density at radius 3 is 2.52 bits per heavy atom. The van der Waals surface area contributed by atoms with Crippen molar-refractivity contribution in [3.8, 4) is 0 Å². The molecule has 3 rings (SSSR count). The average molecular weight is 392 g/mol. The molecule has 0 saturated carbocycles. The lowest BCUT2D eigenvalue weighted by Gasteiger charge is -2.04. The first kappa shape index (κ1) is 15.8. The van der Waals surface area contributed by atoms with Gasteiger partial charge in [-0.3, -0.25) is 20.4 Å². The topological polar surface area (TPSA) is 74.0 Å². The SMILES string of the molecule is Cc1cc(C)c2cc(C(=O)NNC(=O)c3ccc(Br)s3)[nH]c2c1. The van der Waals surface area contributed by atoms with E-state index in [-0.39, 0.29) is 11.8 Å². The van der Waals surface area contributed by atoms with E-state index in [1.54, 1.807) is 18.2 Å². The lowest BCUT2D eigenvalue weighted by molar-refractivity contribution is 0.0846. The summed E-state index contributed by atoms with van der Waals surface area (Å²) in [4.78, 5) is 27.7. The Kier molecular flexibility index (Phi) is 4.23. The second kappa shape index (κ2) is 6.17. The molecule has 0 spiro atoms. The Bertz CT molecular complexity index is 913. The molecule has 2 amide bonds. The molecule has 0 aliphatic heterocycles. The molecule has 23 heavy (non-hydrogen) atoms. The highest BCUT2D eigenvalue weighted by Crippen LogP contribution is 2.22. The summed E-state index contributed by atoms with van der Waals surface area (Å²) >= 11 is 4.59. The molecule has 7 heteroatoms. The van der Waals surface area contributed by atoms with Gasteiger partial charge >= 0.3 is 0 Å². The molecule has 3 N–H and O–H groups in total.